The van der Waals surface area contributed by atoms with Crippen molar-refractivity contribution in [2.75, 3.05) is 28.4 Å². The Kier molecular flexibility index (Phi) is 12.3. The molecule has 0 aromatic heterocycles. The van der Waals surface area contributed by atoms with Gasteiger partial charge in [-0.3, -0.25) is 9.59 Å². The van der Waals surface area contributed by atoms with Gasteiger partial charge in [0.2, 0.25) is 11.6 Å². The van der Waals surface area contributed by atoms with Crippen LogP contribution in [0.5, 0.6) is 0 Å². The van der Waals surface area contributed by atoms with Gasteiger partial charge < -0.3 is 18.9 Å². The van der Waals surface area contributed by atoms with Crippen molar-refractivity contribution >= 4 is 59.8 Å². The molecule has 10 nitrogen and oxygen atoms in total. The van der Waals surface area contributed by atoms with Crippen LogP contribution in [0.1, 0.15) is 128 Å². The first kappa shape index (κ1) is 39.0. The summed E-state index contributed by atoms with van der Waals surface area (Å²) in [6.45, 7) is -6.52. The van der Waals surface area contributed by atoms with Gasteiger partial charge in [0.15, 0.2) is 0 Å². The molecule has 286 valence electrons. The van der Waals surface area contributed by atoms with Crippen LogP contribution in [-0.2, 0) is 47.7 Å². The van der Waals surface area contributed by atoms with Crippen molar-refractivity contribution < 1.29 is 47.7 Å². The van der Waals surface area contributed by atoms with Gasteiger partial charge in [0.05, 0.1) is 39.1 Å². The van der Waals surface area contributed by atoms with Gasteiger partial charge in [0.1, 0.15) is 11.1 Å². The van der Waals surface area contributed by atoms with E-state index in [0.29, 0.717) is 10.6 Å². The van der Waals surface area contributed by atoms with E-state index in [9.17, 15) is 19.2 Å². The van der Waals surface area contributed by atoms with Gasteiger partial charge in [-0.15, -0.1) is 0 Å². The second-order valence-electron chi connectivity index (χ2n) is 15.5. The summed E-state index contributed by atoms with van der Waals surface area (Å²) in [6, 6.07) is 0. The van der Waals surface area contributed by atoms with Crippen molar-refractivity contribution in [3.63, 3.8) is 0 Å². The summed E-state index contributed by atoms with van der Waals surface area (Å²) in [5.74, 6) is -4.51. The maximum absolute atomic E-state index is 15.7. The quantitative estimate of drug-likeness (QED) is 0.104. The maximum atomic E-state index is 15.7. The van der Waals surface area contributed by atoms with Gasteiger partial charge in [-0.25, -0.2) is 19.2 Å². The van der Waals surface area contributed by atoms with E-state index in [2.05, 4.69) is 0 Å². The lowest BCUT2D eigenvalue weighted by Gasteiger charge is -2.47. The lowest BCUT2D eigenvalue weighted by molar-refractivity contribution is -0.140. The Balaban J connectivity index is 1.91. The molecule has 4 aliphatic carbocycles. The molecule has 0 atom stereocenters. The first-order valence-corrected chi connectivity index (χ1v) is 23.5. The average Bonchev–Trinajstić information content (AvgIpc) is 3.63. The second kappa shape index (κ2) is 16.3. The zero-order chi connectivity index (χ0) is 37.2. The third kappa shape index (κ3) is 6.06. The number of Topliss-reactive ketones (excluding diaryl/α,β-unsaturated/α-hetero) is 2. The van der Waals surface area contributed by atoms with E-state index in [4.69, 9.17) is 18.9 Å². The molecule has 0 spiro atoms. The highest BCUT2D eigenvalue weighted by atomic mass is 31.2. The molecule has 0 bridgehead atoms. The Labute approximate surface area is 308 Å². The lowest BCUT2D eigenvalue weighted by Crippen LogP contribution is -2.39. The standard InChI is InChI=1S/C40H56O10P2/c1-47-37(43)29-31(41)35(51(33(29)39(45)49-3,25-17-9-5-10-18-25)26-19-11-6-12-20-26)36-32(42)30(38(44)48-2)34(40(46)50-4)52(36,27-21-13-7-14-22-27)28-23-15-8-16-24-28/h25-28H,5-24H2,1-4H3. The third-order valence-corrected chi connectivity index (χ3v) is 24.7. The number of hydrogen-bond donors (Lipinski definition) is 0. The monoisotopic (exact) mass is 758 g/mol. The van der Waals surface area contributed by atoms with E-state index in [-0.39, 0.29) is 44.4 Å². The van der Waals surface area contributed by atoms with Crippen LogP contribution in [0.4, 0.5) is 0 Å². The Hall–Kier alpha value is -2.70. The molecule has 0 N–H and O–H groups in total. The van der Waals surface area contributed by atoms with Crippen molar-refractivity contribution in [1.29, 1.82) is 0 Å². The summed E-state index contributed by atoms with van der Waals surface area (Å²) in [7, 11) is 4.98. The predicted octanol–water partition coefficient (Wildman–Crippen LogP) is 7.06. The second-order valence-corrected chi connectivity index (χ2v) is 23.3. The summed E-state index contributed by atoms with van der Waals surface area (Å²) in [4.78, 5) is 88.4. The Morgan fingerprint density at radius 2 is 0.635 bits per heavy atom. The van der Waals surface area contributed by atoms with Crippen molar-refractivity contribution in [2.24, 2.45) is 0 Å². The fourth-order valence-electron chi connectivity index (χ4n) is 11.2. The van der Waals surface area contributed by atoms with Crippen molar-refractivity contribution in [1.82, 2.24) is 0 Å². The first-order valence-electron chi connectivity index (χ1n) is 19.6. The highest BCUT2D eigenvalue weighted by Crippen LogP contribution is 2.78. The smallest absolute Gasteiger partial charge is 0.342 e. The molecule has 52 heavy (non-hydrogen) atoms. The molecular weight excluding hydrogens is 702 g/mol. The topological polar surface area (TPSA) is 139 Å². The van der Waals surface area contributed by atoms with E-state index in [1.807, 2.05) is 0 Å². The number of rotatable bonds is 9. The molecule has 4 fully saturated rings. The number of carbonyl (C=O) groups excluding carboxylic acids is 6. The Morgan fingerprint density at radius 1 is 0.404 bits per heavy atom. The molecule has 0 amide bonds. The van der Waals surface area contributed by atoms with Crippen LogP contribution < -0.4 is 0 Å². The van der Waals surface area contributed by atoms with Gasteiger partial charge in [0, 0.05) is 10.6 Å². The summed E-state index contributed by atoms with van der Waals surface area (Å²) >= 11 is 0. The number of ether oxygens (including phenoxy) is 4. The molecule has 0 saturated heterocycles. The Bertz CT molecular complexity index is 1520. The Morgan fingerprint density at radius 3 is 0.846 bits per heavy atom. The molecule has 2 aliphatic heterocycles. The fourth-order valence-corrected chi connectivity index (χ4v) is 25.2. The fraction of sp³-hybridized carbons (Fsp3) is 0.700. The minimum absolute atomic E-state index is 0.123. The minimum atomic E-state index is -3.26. The molecule has 4 saturated carbocycles. The summed E-state index contributed by atoms with van der Waals surface area (Å²) in [5, 5.41) is 0.832. The summed E-state index contributed by atoms with van der Waals surface area (Å²) in [5.41, 5.74) is -1.17. The van der Waals surface area contributed by atoms with E-state index in [0.717, 1.165) is 128 Å². The zero-order valence-corrected chi connectivity index (χ0v) is 33.2. The molecule has 0 aromatic rings. The van der Waals surface area contributed by atoms with Crippen LogP contribution in [0.3, 0.4) is 0 Å². The van der Waals surface area contributed by atoms with Crippen LogP contribution in [0.15, 0.2) is 21.8 Å². The summed E-state index contributed by atoms with van der Waals surface area (Å²) < 4.78 is 21.7. The van der Waals surface area contributed by atoms with Crippen molar-refractivity contribution in [3.8, 4) is 0 Å². The van der Waals surface area contributed by atoms with E-state index in [1.54, 1.807) is 0 Å². The number of carbonyl (C=O) groups is 6. The van der Waals surface area contributed by atoms with Gasteiger partial charge in [0.25, 0.3) is 0 Å². The molecule has 6 aliphatic rings. The zero-order valence-electron chi connectivity index (χ0n) is 31.4. The normalized spacial score (nSPS) is 25.1. The molecular formula is C40H56O10P2. The first-order chi connectivity index (χ1) is 25.2. The van der Waals surface area contributed by atoms with Crippen LogP contribution >= 0.6 is 13.8 Å². The van der Waals surface area contributed by atoms with E-state index < -0.39 is 49.2 Å². The highest BCUT2D eigenvalue weighted by molar-refractivity contribution is 7.94. The van der Waals surface area contributed by atoms with Gasteiger partial charge in [-0.1, -0.05) is 90.8 Å². The molecule has 12 heteroatoms. The molecule has 0 unspecified atom stereocenters. The predicted molar refractivity (Wildman–Crippen MR) is 203 cm³/mol. The molecule has 6 rings (SSSR count). The van der Waals surface area contributed by atoms with Gasteiger partial charge in [-0.2, -0.15) is 0 Å². The van der Waals surface area contributed by atoms with Gasteiger partial charge >= 0.3 is 23.9 Å². The number of ketones is 2. The average molecular weight is 759 g/mol. The van der Waals surface area contributed by atoms with Crippen LogP contribution in [0.25, 0.3) is 0 Å². The molecule has 0 radical (unpaired) electrons. The van der Waals surface area contributed by atoms with Crippen LogP contribution in [0.2, 0.25) is 0 Å². The summed E-state index contributed by atoms with van der Waals surface area (Å²) in [6.07, 6.45) is 17.2. The van der Waals surface area contributed by atoms with Crippen LogP contribution in [0, 0.1) is 0 Å². The molecule has 2 heterocycles. The number of hydrogen-bond acceptors (Lipinski definition) is 10. The number of methoxy groups -OCH3 is 4. The number of esters is 4. The van der Waals surface area contributed by atoms with E-state index >= 15 is 9.59 Å². The van der Waals surface area contributed by atoms with Crippen LogP contribution in [-0.4, -0.2) is 97.1 Å². The molecule has 0 aromatic carbocycles. The lowest BCUT2D eigenvalue weighted by atomic mass is 9.99. The minimum Gasteiger partial charge on any atom is -0.465 e. The third-order valence-electron chi connectivity index (χ3n) is 13.2. The SMILES string of the molecule is COC(=O)C1=C(C(=O)OC)P(C2CCCCC2)(C2CCCCC2)=C(C2=P(C3CCCCC3)(C3CCCCC3)C(C(=O)OC)=C(C(=O)OC)C2=O)C1=O. The van der Waals surface area contributed by atoms with E-state index in [1.165, 1.54) is 28.4 Å². The van der Waals surface area contributed by atoms with Gasteiger partial charge in [-0.05, 0) is 74.0 Å². The maximum Gasteiger partial charge on any atom is 0.342 e. The largest absolute Gasteiger partial charge is 0.465 e. The highest BCUT2D eigenvalue weighted by Gasteiger charge is 2.62. The van der Waals surface area contributed by atoms with Crippen molar-refractivity contribution in [3.05, 3.63) is 21.8 Å². The van der Waals surface area contributed by atoms with Crippen molar-refractivity contribution in [2.45, 2.75) is 151 Å².